The fourth-order valence-electron chi connectivity index (χ4n) is 4.67. The summed E-state index contributed by atoms with van der Waals surface area (Å²) >= 11 is 0. The number of ether oxygens (including phenoxy) is 1. The molecule has 4 N–H and O–H groups in total. The van der Waals surface area contributed by atoms with Crippen molar-refractivity contribution in [2.75, 3.05) is 43.8 Å². The molecular formula is C26H31N7O2. The largest absolute Gasteiger partial charge is 0.492 e. The van der Waals surface area contributed by atoms with Gasteiger partial charge in [0.05, 0.1) is 17.9 Å². The number of carbonyl (C=O) groups excluding carboxylic acids is 1. The zero-order valence-electron chi connectivity index (χ0n) is 19.8. The lowest BCUT2D eigenvalue weighted by atomic mass is 10.1. The number of hydrogen-bond acceptors (Lipinski definition) is 8. The number of pyridine rings is 1. The Bertz CT molecular complexity index is 1190. The van der Waals surface area contributed by atoms with E-state index in [9.17, 15) is 4.79 Å². The molecule has 35 heavy (non-hydrogen) atoms. The number of hydrogen-bond donors (Lipinski definition) is 3. The van der Waals surface area contributed by atoms with E-state index in [0.717, 1.165) is 54.3 Å². The Morgan fingerprint density at radius 2 is 2.03 bits per heavy atom. The fraction of sp³-hybridized carbons (Fsp3) is 0.385. The first-order chi connectivity index (χ1) is 17.2. The van der Waals surface area contributed by atoms with Gasteiger partial charge in [-0.1, -0.05) is 18.6 Å². The van der Waals surface area contributed by atoms with Gasteiger partial charge >= 0.3 is 0 Å². The smallest absolute Gasteiger partial charge is 0.251 e. The molecular weight excluding hydrogens is 442 g/mol. The van der Waals surface area contributed by atoms with Gasteiger partial charge in [-0.05, 0) is 49.7 Å². The number of anilines is 2. The topological polar surface area (TPSA) is 118 Å². The number of benzene rings is 1. The Balaban J connectivity index is 1.22. The number of amides is 1. The van der Waals surface area contributed by atoms with E-state index in [-0.39, 0.29) is 11.9 Å². The number of carbonyl (C=O) groups is 1. The predicted molar refractivity (Wildman–Crippen MR) is 135 cm³/mol. The van der Waals surface area contributed by atoms with Crippen molar-refractivity contribution < 1.29 is 9.53 Å². The summed E-state index contributed by atoms with van der Waals surface area (Å²) in [5.74, 6) is 1.73. The second-order valence-electron chi connectivity index (χ2n) is 8.94. The SMILES string of the molecule is Nc1nccc(-c2cnc(NCc3cccc(C(=O)NCCN4CCCCC4)c3)c3c2OCC3)n1. The summed E-state index contributed by atoms with van der Waals surface area (Å²) in [7, 11) is 0. The average molecular weight is 474 g/mol. The molecule has 0 unspecified atom stereocenters. The minimum Gasteiger partial charge on any atom is -0.492 e. The molecule has 9 heteroatoms. The third kappa shape index (κ3) is 5.51. The minimum absolute atomic E-state index is 0.0373. The Hall–Kier alpha value is -3.72. The summed E-state index contributed by atoms with van der Waals surface area (Å²) in [6.45, 7) is 4.98. The molecule has 2 aromatic heterocycles. The van der Waals surface area contributed by atoms with Crippen molar-refractivity contribution in [3.8, 4) is 17.0 Å². The number of nitrogens with two attached hydrogens (primary N) is 1. The standard InChI is InChI=1S/C26H31N7O2/c27-26-29-9-7-22(32-26)21-17-31-24(20-8-14-35-23(20)21)30-16-18-5-4-6-19(15-18)25(34)28-10-13-33-11-2-1-3-12-33/h4-7,9,15,17H,1-3,8,10-14,16H2,(H,28,34)(H,30,31)(H2,27,29,32). The number of nitrogens with zero attached hydrogens (tertiary/aromatic N) is 4. The van der Waals surface area contributed by atoms with Gasteiger partial charge < -0.3 is 26.0 Å². The Morgan fingerprint density at radius 1 is 1.14 bits per heavy atom. The second-order valence-corrected chi connectivity index (χ2v) is 8.94. The fourth-order valence-corrected chi connectivity index (χ4v) is 4.67. The van der Waals surface area contributed by atoms with Crippen molar-refractivity contribution in [1.29, 1.82) is 0 Å². The van der Waals surface area contributed by atoms with Crippen LogP contribution in [0.1, 0.15) is 40.7 Å². The van der Waals surface area contributed by atoms with E-state index in [1.165, 1.54) is 19.3 Å². The van der Waals surface area contributed by atoms with Gasteiger partial charge in [-0.25, -0.2) is 15.0 Å². The van der Waals surface area contributed by atoms with Crippen molar-refractivity contribution in [2.24, 2.45) is 0 Å². The molecule has 1 fully saturated rings. The first-order valence-electron chi connectivity index (χ1n) is 12.2. The lowest BCUT2D eigenvalue weighted by molar-refractivity contribution is 0.0946. The quantitative estimate of drug-likeness (QED) is 0.457. The Labute approximate surface area is 205 Å². The number of fused-ring (bicyclic) bond motifs is 1. The molecule has 0 radical (unpaired) electrons. The van der Waals surface area contributed by atoms with E-state index in [1.807, 2.05) is 24.3 Å². The van der Waals surface area contributed by atoms with Gasteiger partial charge in [0.1, 0.15) is 11.6 Å². The highest BCUT2D eigenvalue weighted by atomic mass is 16.5. The van der Waals surface area contributed by atoms with E-state index < -0.39 is 0 Å². The van der Waals surface area contributed by atoms with Crippen LogP contribution >= 0.6 is 0 Å². The molecule has 0 spiro atoms. The molecule has 2 aliphatic heterocycles. The summed E-state index contributed by atoms with van der Waals surface area (Å²) in [5.41, 5.74) is 9.94. The van der Waals surface area contributed by atoms with E-state index in [0.29, 0.717) is 31.0 Å². The van der Waals surface area contributed by atoms with Crippen molar-refractivity contribution in [1.82, 2.24) is 25.2 Å². The highest BCUT2D eigenvalue weighted by Gasteiger charge is 2.23. The normalized spacial score (nSPS) is 15.3. The van der Waals surface area contributed by atoms with Crippen LogP contribution in [-0.4, -0.2) is 58.5 Å². The van der Waals surface area contributed by atoms with Gasteiger partial charge in [-0.3, -0.25) is 4.79 Å². The van der Waals surface area contributed by atoms with Gasteiger partial charge in [0.2, 0.25) is 5.95 Å². The van der Waals surface area contributed by atoms with Gasteiger partial charge in [-0.15, -0.1) is 0 Å². The van der Waals surface area contributed by atoms with Crippen LogP contribution in [0.25, 0.3) is 11.3 Å². The average Bonchev–Trinajstić information content (AvgIpc) is 3.38. The molecule has 1 saturated heterocycles. The van der Waals surface area contributed by atoms with Crippen LogP contribution in [0.2, 0.25) is 0 Å². The van der Waals surface area contributed by atoms with Crippen LogP contribution in [0.4, 0.5) is 11.8 Å². The maximum Gasteiger partial charge on any atom is 0.251 e. The summed E-state index contributed by atoms with van der Waals surface area (Å²) in [4.78, 5) is 28.0. The third-order valence-electron chi connectivity index (χ3n) is 6.49. The molecule has 182 valence electrons. The Morgan fingerprint density at radius 3 is 2.89 bits per heavy atom. The Kier molecular flexibility index (Phi) is 7.04. The molecule has 9 nitrogen and oxygen atoms in total. The third-order valence-corrected chi connectivity index (χ3v) is 6.49. The molecule has 0 atom stereocenters. The number of likely N-dealkylation sites (tertiary alicyclic amines) is 1. The molecule has 5 rings (SSSR count). The summed E-state index contributed by atoms with van der Waals surface area (Å²) in [6.07, 6.45) is 7.97. The summed E-state index contributed by atoms with van der Waals surface area (Å²) in [6, 6.07) is 9.50. The maximum absolute atomic E-state index is 12.7. The van der Waals surface area contributed by atoms with Crippen molar-refractivity contribution in [2.45, 2.75) is 32.2 Å². The highest BCUT2D eigenvalue weighted by molar-refractivity contribution is 5.94. The summed E-state index contributed by atoms with van der Waals surface area (Å²) < 4.78 is 5.91. The molecule has 0 bridgehead atoms. The molecule has 0 aliphatic carbocycles. The van der Waals surface area contributed by atoms with Gasteiger partial charge in [0.15, 0.2) is 0 Å². The van der Waals surface area contributed by atoms with E-state index >= 15 is 0 Å². The van der Waals surface area contributed by atoms with Crippen LogP contribution < -0.4 is 21.1 Å². The molecule has 4 heterocycles. The zero-order chi connectivity index (χ0) is 24.0. The summed E-state index contributed by atoms with van der Waals surface area (Å²) in [5, 5.41) is 6.47. The second kappa shape index (κ2) is 10.7. The van der Waals surface area contributed by atoms with Crippen molar-refractivity contribution in [3.63, 3.8) is 0 Å². The predicted octanol–water partition coefficient (Wildman–Crippen LogP) is 2.88. The van der Waals surface area contributed by atoms with Crippen LogP contribution in [-0.2, 0) is 13.0 Å². The molecule has 3 aromatic rings. The number of nitrogens with one attached hydrogen (secondary N) is 2. The molecule has 2 aliphatic rings. The number of rotatable bonds is 8. The first kappa shape index (κ1) is 23.0. The van der Waals surface area contributed by atoms with Gasteiger partial charge in [-0.2, -0.15) is 0 Å². The van der Waals surface area contributed by atoms with Crippen molar-refractivity contribution >= 4 is 17.7 Å². The monoisotopic (exact) mass is 473 g/mol. The molecule has 0 saturated carbocycles. The highest BCUT2D eigenvalue weighted by Crippen LogP contribution is 2.39. The molecule has 1 amide bonds. The minimum atomic E-state index is -0.0373. The van der Waals surface area contributed by atoms with E-state index in [4.69, 9.17) is 10.5 Å². The first-order valence-corrected chi connectivity index (χ1v) is 12.2. The number of aromatic nitrogens is 3. The lowest BCUT2D eigenvalue weighted by Gasteiger charge is -2.26. The van der Waals surface area contributed by atoms with Gasteiger partial charge in [0.25, 0.3) is 5.91 Å². The van der Waals surface area contributed by atoms with E-state index in [2.05, 4.69) is 30.5 Å². The van der Waals surface area contributed by atoms with Crippen LogP contribution in [0, 0.1) is 0 Å². The number of nitrogen functional groups attached to an aromatic ring is 1. The molecule has 1 aromatic carbocycles. The number of piperidine rings is 1. The zero-order valence-corrected chi connectivity index (χ0v) is 19.8. The maximum atomic E-state index is 12.7. The lowest BCUT2D eigenvalue weighted by Crippen LogP contribution is -2.37. The van der Waals surface area contributed by atoms with Crippen molar-refractivity contribution in [3.05, 3.63) is 59.4 Å². The van der Waals surface area contributed by atoms with E-state index in [1.54, 1.807) is 18.5 Å². The van der Waals surface area contributed by atoms with Crippen LogP contribution in [0.15, 0.2) is 42.7 Å². The van der Waals surface area contributed by atoms with Gasteiger partial charge in [0, 0.05) is 49.6 Å². The van der Waals surface area contributed by atoms with Crippen LogP contribution in [0.3, 0.4) is 0 Å². The van der Waals surface area contributed by atoms with Crippen LogP contribution in [0.5, 0.6) is 5.75 Å².